The summed E-state index contributed by atoms with van der Waals surface area (Å²) in [6.45, 7) is 1.94. The van der Waals surface area contributed by atoms with Gasteiger partial charge >= 0.3 is 5.97 Å². The van der Waals surface area contributed by atoms with Gasteiger partial charge < -0.3 is 9.84 Å². The fourth-order valence-electron chi connectivity index (χ4n) is 2.38. The minimum absolute atomic E-state index is 0.134. The van der Waals surface area contributed by atoms with Gasteiger partial charge in [0.15, 0.2) is 5.69 Å². The number of carbonyl (C=O) groups is 1. The first-order valence-corrected chi connectivity index (χ1v) is 6.47. The van der Waals surface area contributed by atoms with E-state index in [2.05, 4.69) is 4.98 Å². The minimum atomic E-state index is -1.02. The molecule has 0 atom stereocenters. The highest BCUT2D eigenvalue weighted by Crippen LogP contribution is 2.32. The summed E-state index contributed by atoms with van der Waals surface area (Å²) in [6, 6.07) is 11.0. The molecule has 0 aliphatic heterocycles. The normalized spacial score (nSPS) is 10.8. The van der Waals surface area contributed by atoms with Gasteiger partial charge in [-0.25, -0.2) is 9.78 Å². The van der Waals surface area contributed by atoms with Crippen LogP contribution in [0.1, 0.15) is 16.1 Å². The van der Waals surface area contributed by atoms with Crippen molar-refractivity contribution in [2.75, 3.05) is 7.11 Å². The van der Waals surface area contributed by atoms with Gasteiger partial charge in [-0.3, -0.25) is 4.40 Å². The average Bonchev–Trinajstić information content (AvgIpc) is 2.85. The molecular weight excluding hydrogens is 268 g/mol. The van der Waals surface area contributed by atoms with E-state index in [-0.39, 0.29) is 5.69 Å². The summed E-state index contributed by atoms with van der Waals surface area (Å²) in [6.07, 6.45) is 1.72. The molecule has 0 aliphatic rings. The highest BCUT2D eigenvalue weighted by atomic mass is 16.5. The summed E-state index contributed by atoms with van der Waals surface area (Å²) in [5.74, 6) is -0.424. The minimum Gasteiger partial charge on any atom is -0.496 e. The van der Waals surface area contributed by atoms with Crippen LogP contribution in [-0.4, -0.2) is 27.6 Å². The Bertz CT molecular complexity index is 837. The monoisotopic (exact) mass is 282 g/mol. The summed E-state index contributed by atoms with van der Waals surface area (Å²) in [5.41, 5.74) is 2.84. The fraction of sp³-hybridized carbons (Fsp3) is 0.125. The van der Waals surface area contributed by atoms with E-state index in [1.807, 2.05) is 31.2 Å². The van der Waals surface area contributed by atoms with Gasteiger partial charge in [0.2, 0.25) is 0 Å². The highest BCUT2D eigenvalue weighted by molar-refractivity contribution is 5.95. The van der Waals surface area contributed by atoms with Crippen LogP contribution in [0, 0.1) is 6.92 Å². The van der Waals surface area contributed by atoms with Crippen LogP contribution < -0.4 is 4.74 Å². The molecule has 5 nitrogen and oxygen atoms in total. The maximum absolute atomic E-state index is 11.7. The van der Waals surface area contributed by atoms with Gasteiger partial charge in [0.25, 0.3) is 0 Å². The molecule has 0 radical (unpaired) electrons. The number of hydrogen-bond acceptors (Lipinski definition) is 3. The lowest BCUT2D eigenvalue weighted by atomic mass is 10.1. The predicted octanol–water partition coefficient (Wildman–Crippen LogP) is 3.02. The third-order valence-electron chi connectivity index (χ3n) is 3.35. The maximum Gasteiger partial charge on any atom is 0.355 e. The lowest BCUT2D eigenvalue weighted by molar-refractivity contribution is 0.0690. The van der Waals surface area contributed by atoms with E-state index in [4.69, 9.17) is 4.74 Å². The van der Waals surface area contributed by atoms with Crippen LogP contribution in [0.25, 0.3) is 16.9 Å². The zero-order valence-electron chi connectivity index (χ0n) is 11.7. The number of rotatable bonds is 3. The predicted molar refractivity (Wildman–Crippen MR) is 78.9 cm³/mol. The molecule has 0 unspecified atom stereocenters. The van der Waals surface area contributed by atoms with Crippen molar-refractivity contribution in [3.63, 3.8) is 0 Å². The van der Waals surface area contributed by atoms with Gasteiger partial charge in [-0.1, -0.05) is 12.1 Å². The Kier molecular flexibility index (Phi) is 3.10. The molecule has 21 heavy (non-hydrogen) atoms. The van der Waals surface area contributed by atoms with Crippen molar-refractivity contribution >= 4 is 11.6 Å². The Labute approximate surface area is 121 Å². The number of carboxylic acids is 1. The highest BCUT2D eigenvalue weighted by Gasteiger charge is 2.21. The first-order chi connectivity index (χ1) is 10.1. The number of ether oxygens (including phenoxy) is 1. The molecule has 3 aromatic rings. The van der Waals surface area contributed by atoms with Crippen molar-refractivity contribution in [1.82, 2.24) is 9.38 Å². The van der Waals surface area contributed by atoms with Gasteiger partial charge in [0.1, 0.15) is 17.1 Å². The average molecular weight is 282 g/mol. The van der Waals surface area contributed by atoms with Gasteiger partial charge in [-0.15, -0.1) is 0 Å². The summed E-state index contributed by atoms with van der Waals surface area (Å²) in [4.78, 5) is 16.1. The molecule has 0 aliphatic carbocycles. The van der Waals surface area contributed by atoms with Crippen LogP contribution in [0.3, 0.4) is 0 Å². The number of imidazole rings is 1. The van der Waals surface area contributed by atoms with Gasteiger partial charge in [-0.05, 0) is 36.8 Å². The number of pyridine rings is 1. The van der Waals surface area contributed by atoms with Crippen molar-refractivity contribution in [3.05, 3.63) is 53.9 Å². The molecule has 0 saturated heterocycles. The van der Waals surface area contributed by atoms with Crippen LogP contribution in [0.15, 0.2) is 42.6 Å². The molecule has 5 heteroatoms. The van der Waals surface area contributed by atoms with E-state index >= 15 is 0 Å². The Balaban J connectivity index is 2.36. The molecule has 0 spiro atoms. The Morgan fingerprint density at radius 3 is 2.76 bits per heavy atom. The largest absolute Gasteiger partial charge is 0.496 e. The summed E-state index contributed by atoms with van der Waals surface area (Å²) < 4.78 is 6.89. The number of carboxylic acid groups (broad SMARTS) is 1. The molecule has 1 aromatic carbocycles. The molecule has 0 amide bonds. The first kappa shape index (κ1) is 13.2. The molecule has 0 saturated carbocycles. The van der Waals surface area contributed by atoms with Crippen molar-refractivity contribution in [2.24, 2.45) is 0 Å². The molecule has 3 rings (SSSR count). The Morgan fingerprint density at radius 1 is 1.29 bits per heavy atom. The van der Waals surface area contributed by atoms with E-state index in [1.54, 1.807) is 29.8 Å². The molecule has 2 aromatic heterocycles. The van der Waals surface area contributed by atoms with Crippen LogP contribution in [-0.2, 0) is 0 Å². The number of hydrogen-bond donors (Lipinski definition) is 1. The van der Waals surface area contributed by atoms with E-state index in [0.717, 1.165) is 5.56 Å². The van der Waals surface area contributed by atoms with Gasteiger partial charge in [0, 0.05) is 11.8 Å². The van der Waals surface area contributed by atoms with E-state index < -0.39 is 5.97 Å². The van der Waals surface area contributed by atoms with E-state index in [1.165, 1.54) is 0 Å². The molecule has 1 N–H and O–H groups in total. The number of aromatic nitrogens is 2. The van der Waals surface area contributed by atoms with Gasteiger partial charge in [0.05, 0.1) is 7.11 Å². The second-order valence-electron chi connectivity index (χ2n) is 4.75. The van der Waals surface area contributed by atoms with Gasteiger partial charge in [-0.2, -0.15) is 0 Å². The third-order valence-corrected chi connectivity index (χ3v) is 3.35. The molecular formula is C16H14N2O3. The van der Waals surface area contributed by atoms with Crippen LogP contribution in [0.5, 0.6) is 5.75 Å². The van der Waals surface area contributed by atoms with E-state index in [0.29, 0.717) is 22.7 Å². The lowest BCUT2D eigenvalue weighted by Gasteiger charge is -2.06. The zero-order chi connectivity index (χ0) is 15.0. The topological polar surface area (TPSA) is 63.8 Å². The Morgan fingerprint density at radius 2 is 2.05 bits per heavy atom. The number of fused-ring (bicyclic) bond motifs is 1. The van der Waals surface area contributed by atoms with E-state index in [9.17, 15) is 9.90 Å². The van der Waals surface area contributed by atoms with Crippen LogP contribution in [0.4, 0.5) is 0 Å². The Hall–Kier alpha value is -2.82. The second-order valence-corrected chi connectivity index (χ2v) is 4.75. The second kappa shape index (κ2) is 4.94. The SMILES string of the molecule is COc1ccccc1-c1nc2cc(C)ccn2c1C(=O)O. The first-order valence-electron chi connectivity index (χ1n) is 6.47. The number of nitrogens with zero attached hydrogens (tertiary/aromatic N) is 2. The molecule has 106 valence electrons. The molecule has 0 bridgehead atoms. The summed E-state index contributed by atoms with van der Waals surface area (Å²) in [7, 11) is 1.55. The van der Waals surface area contributed by atoms with Crippen molar-refractivity contribution < 1.29 is 14.6 Å². The fourth-order valence-corrected chi connectivity index (χ4v) is 2.38. The number of benzene rings is 1. The molecule has 0 fully saturated rings. The van der Waals surface area contributed by atoms with Crippen LogP contribution >= 0.6 is 0 Å². The van der Waals surface area contributed by atoms with Crippen LogP contribution in [0.2, 0.25) is 0 Å². The van der Waals surface area contributed by atoms with Crippen molar-refractivity contribution in [3.8, 4) is 17.0 Å². The number of para-hydroxylation sites is 1. The summed E-state index contributed by atoms with van der Waals surface area (Å²) >= 11 is 0. The maximum atomic E-state index is 11.7. The zero-order valence-corrected chi connectivity index (χ0v) is 11.7. The molecule has 2 heterocycles. The number of aryl methyl sites for hydroxylation is 1. The summed E-state index contributed by atoms with van der Waals surface area (Å²) in [5, 5.41) is 9.55. The number of aromatic carboxylic acids is 1. The quantitative estimate of drug-likeness (QED) is 0.802. The lowest BCUT2D eigenvalue weighted by Crippen LogP contribution is -2.04. The smallest absolute Gasteiger partial charge is 0.355 e. The van der Waals surface area contributed by atoms with Crippen molar-refractivity contribution in [1.29, 1.82) is 0 Å². The number of methoxy groups -OCH3 is 1. The van der Waals surface area contributed by atoms with Crippen molar-refractivity contribution in [2.45, 2.75) is 6.92 Å². The third kappa shape index (κ3) is 2.12. The standard InChI is InChI=1S/C16H14N2O3/c1-10-7-8-18-13(9-10)17-14(15(18)16(19)20)11-5-3-4-6-12(11)21-2/h3-9H,1-2H3,(H,19,20).